The second kappa shape index (κ2) is 5.78. The van der Waals surface area contributed by atoms with Crippen LogP contribution in [0, 0.1) is 0 Å². The molecule has 0 N–H and O–H groups in total. The second-order valence-electron chi connectivity index (χ2n) is 4.04. The van der Waals surface area contributed by atoms with Crippen LogP contribution < -0.4 is 0 Å². The molecule has 0 aliphatic heterocycles. The zero-order chi connectivity index (χ0) is 13.0. The van der Waals surface area contributed by atoms with E-state index in [1.807, 2.05) is 38.1 Å². The first-order chi connectivity index (χ1) is 8.80. The van der Waals surface area contributed by atoms with E-state index in [1.165, 1.54) is 10.1 Å². The molecule has 0 aliphatic rings. The summed E-state index contributed by atoms with van der Waals surface area (Å²) in [5, 5.41) is 1.23. The zero-order valence-corrected chi connectivity index (χ0v) is 11.5. The molecule has 0 fully saturated rings. The van der Waals surface area contributed by atoms with Gasteiger partial charge < -0.3 is 0 Å². The number of benzene rings is 1. The van der Waals surface area contributed by atoms with Gasteiger partial charge in [0.25, 0.3) is 0 Å². The molecular weight excluding hydrogens is 240 g/mol. The number of carbonyl (C=O) groups is 1. The fraction of sp³-hybridized carbons (Fsp3) is 0.188. The van der Waals surface area contributed by atoms with Gasteiger partial charge in [-0.15, -0.1) is 11.3 Å². The van der Waals surface area contributed by atoms with Gasteiger partial charge in [-0.1, -0.05) is 37.3 Å². The van der Waals surface area contributed by atoms with Gasteiger partial charge in [-0.05, 0) is 36.4 Å². The first-order valence-electron chi connectivity index (χ1n) is 6.11. The zero-order valence-electron chi connectivity index (χ0n) is 10.6. The third-order valence-electron chi connectivity index (χ3n) is 2.84. The Morgan fingerprint density at radius 3 is 2.72 bits per heavy atom. The van der Waals surface area contributed by atoms with E-state index in [0.717, 1.165) is 28.7 Å². The maximum atomic E-state index is 11.2. The average molecular weight is 256 g/mol. The number of carbonyl (C=O) groups excluding carboxylic acids is 1. The van der Waals surface area contributed by atoms with Crippen LogP contribution in [0.25, 0.3) is 15.7 Å². The lowest BCUT2D eigenvalue weighted by atomic mass is 10.0. The molecule has 0 unspecified atom stereocenters. The third-order valence-corrected chi connectivity index (χ3v) is 3.99. The molecule has 0 saturated heterocycles. The van der Waals surface area contributed by atoms with Crippen molar-refractivity contribution in [3.8, 4) is 0 Å². The van der Waals surface area contributed by atoms with Crippen molar-refractivity contribution in [3.05, 3.63) is 52.9 Å². The van der Waals surface area contributed by atoms with Gasteiger partial charge >= 0.3 is 0 Å². The lowest BCUT2D eigenvalue weighted by Gasteiger charge is -2.03. The molecule has 0 amide bonds. The summed E-state index contributed by atoms with van der Waals surface area (Å²) in [6.07, 6.45) is 5.81. The van der Waals surface area contributed by atoms with Crippen LogP contribution in [0.2, 0.25) is 0 Å². The number of fused-ring (bicyclic) bond motifs is 1. The van der Waals surface area contributed by atoms with Crippen molar-refractivity contribution in [2.24, 2.45) is 0 Å². The first-order valence-corrected chi connectivity index (χ1v) is 6.92. The lowest BCUT2D eigenvalue weighted by molar-refractivity contribution is -0.104. The molecule has 0 bridgehead atoms. The SMILES string of the molecule is CC=C(C(C=O)=CCC)c1cc2ccccc2s1. The van der Waals surface area contributed by atoms with E-state index < -0.39 is 0 Å². The van der Waals surface area contributed by atoms with Gasteiger partial charge in [-0.2, -0.15) is 0 Å². The Morgan fingerprint density at radius 1 is 1.33 bits per heavy atom. The Labute approximate surface area is 111 Å². The molecule has 0 saturated carbocycles. The van der Waals surface area contributed by atoms with Crippen LogP contribution in [0.3, 0.4) is 0 Å². The molecule has 0 atom stereocenters. The van der Waals surface area contributed by atoms with Crippen LogP contribution in [0.1, 0.15) is 25.1 Å². The van der Waals surface area contributed by atoms with Gasteiger partial charge in [0.2, 0.25) is 0 Å². The van der Waals surface area contributed by atoms with Gasteiger partial charge in [0.1, 0.15) is 6.29 Å². The van der Waals surface area contributed by atoms with E-state index in [1.54, 1.807) is 11.3 Å². The molecule has 1 nitrogen and oxygen atoms in total. The number of rotatable bonds is 4. The van der Waals surface area contributed by atoms with E-state index in [4.69, 9.17) is 0 Å². The molecule has 0 spiro atoms. The smallest absolute Gasteiger partial charge is 0.150 e. The highest BCUT2D eigenvalue weighted by atomic mass is 32.1. The highest BCUT2D eigenvalue weighted by Gasteiger charge is 2.09. The molecule has 0 aliphatic carbocycles. The molecule has 0 radical (unpaired) electrons. The van der Waals surface area contributed by atoms with E-state index in [-0.39, 0.29) is 0 Å². The number of hydrogen-bond donors (Lipinski definition) is 0. The highest BCUT2D eigenvalue weighted by molar-refractivity contribution is 7.20. The number of hydrogen-bond acceptors (Lipinski definition) is 2. The Balaban J connectivity index is 2.51. The molecule has 2 aromatic rings. The number of aldehydes is 1. The van der Waals surface area contributed by atoms with Crippen LogP contribution in [0.15, 0.2) is 48.1 Å². The Kier molecular flexibility index (Phi) is 4.11. The van der Waals surface area contributed by atoms with Gasteiger partial charge in [-0.25, -0.2) is 0 Å². The van der Waals surface area contributed by atoms with E-state index in [0.29, 0.717) is 0 Å². The largest absolute Gasteiger partial charge is 0.298 e. The average Bonchev–Trinajstić information content (AvgIpc) is 2.82. The second-order valence-corrected chi connectivity index (χ2v) is 5.12. The minimum Gasteiger partial charge on any atom is -0.298 e. The molecule has 1 aromatic heterocycles. The summed E-state index contributed by atoms with van der Waals surface area (Å²) < 4.78 is 1.26. The van der Waals surface area contributed by atoms with Crippen molar-refractivity contribution >= 4 is 33.3 Å². The topological polar surface area (TPSA) is 17.1 Å². The van der Waals surface area contributed by atoms with Crippen molar-refractivity contribution in [3.63, 3.8) is 0 Å². The maximum absolute atomic E-state index is 11.2. The lowest BCUT2D eigenvalue weighted by Crippen LogP contribution is -1.88. The molecule has 18 heavy (non-hydrogen) atoms. The molecule has 2 rings (SSSR count). The fourth-order valence-corrected chi connectivity index (χ4v) is 3.17. The predicted molar refractivity (Wildman–Crippen MR) is 79.9 cm³/mol. The maximum Gasteiger partial charge on any atom is 0.150 e. The Morgan fingerprint density at radius 2 is 2.11 bits per heavy atom. The fourth-order valence-electron chi connectivity index (χ4n) is 2.01. The van der Waals surface area contributed by atoms with Crippen molar-refractivity contribution in [1.82, 2.24) is 0 Å². The third kappa shape index (κ3) is 2.44. The van der Waals surface area contributed by atoms with Gasteiger partial charge in [0.15, 0.2) is 0 Å². The summed E-state index contributed by atoms with van der Waals surface area (Å²) in [6.45, 7) is 4.02. The van der Waals surface area contributed by atoms with Crippen molar-refractivity contribution < 1.29 is 4.79 Å². The Bertz CT molecular complexity index is 584. The van der Waals surface area contributed by atoms with Gasteiger partial charge in [0, 0.05) is 15.2 Å². The Hall–Kier alpha value is -1.67. The van der Waals surface area contributed by atoms with E-state index >= 15 is 0 Å². The predicted octanol–water partition coefficient (Wildman–Crippen LogP) is 4.84. The van der Waals surface area contributed by atoms with Gasteiger partial charge in [-0.3, -0.25) is 4.79 Å². The molecule has 1 heterocycles. The van der Waals surface area contributed by atoms with Crippen LogP contribution in [-0.2, 0) is 4.79 Å². The highest BCUT2D eigenvalue weighted by Crippen LogP contribution is 2.33. The molecular formula is C16H16OS. The summed E-state index contributed by atoms with van der Waals surface area (Å²) in [5.74, 6) is 0. The minimum atomic E-state index is 0.784. The molecule has 92 valence electrons. The van der Waals surface area contributed by atoms with Crippen LogP contribution in [0.4, 0.5) is 0 Å². The van der Waals surface area contributed by atoms with Crippen molar-refractivity contribution in [2.45, 2.75) is 20.3 Å². The summed E-state index contributed by atoms with van der Waals surface area (Å²) in [6, 6.07) is 10.5. The summed E-state index contributed by atoms with van der Waals surface area (Å²) in [5.41, 5.74) is 1.82. The standard InChI is InChI=1S/C16H16OS/c1-3-7-13(11-17)14(4-2)16-10-12-8-5-6-9-15(12)18-16/h4-11H,3H2,1-2H3. The van der Waals surface area contributed by atoms with E-state index in [9.17, 15) is 4.79 Å². The molecule has 2 heteroatoms. The first kappa shape index (κ1) is 12.8. The number of thiophene rings is 1. The summed E-state index contributed by atoms with van der Waals surface area (Å²) in [4.78, 5) is 12.3. The normalized spacial score (nSPS) is 13.0. The minimum absolute atomic E-state index is 0.784. The van der Waals surface area contributed by atoms with Crippen LogP contribution >= 0.6 is 11.3 Å². The van der Waals surface area contributed by atoms with E-state index in [2.05, 4.69) is 18.2 Å². The van der Waals surface area contributed by atoms with Crippen molar-refractivity contribution in [2.75, 3.05) is 0 Å². The number of allylic oxidation sites excluding steroid dienone is 4. The monoisotopic (exact) mass is 256 g/mol. The van der Waals surface area contributed by atoms with Crippen molar-refractivity contribution in [1.29, 1.82) is 0 Å². The summed E-state index contributed by atoms with van der Waals surface area (Å²) in [7, 11) is 0. The van der Waals surface area contributed by atoms with Crippen LogP contribution in [0.5, 0.6) is 0 Å². The summed E-state index contributed by atoms with van der Waals surface area (Å²) >= 11 is 1.73. The molecule has 1 aromatic carbocycles. The van der Waals surface area contributed by atoms with Crippen LogP contribution in [-0.4, -0.2) is 6.29 Å². The van der Waals surface area contributed by atoms with Gasteiger partial charge in [0.05, 0.1) is 0 Å². The quantitative estimate of drug-likeness (QED) is 0.434.